The number of H-pyrrole nitrogens is 1. The molecule has 0 atom stereocenters. The molecule has 0 amide bonds. The zero-order valence-corrected chi connectivity index (χ0v) is 13.8. The summed E-state index contributed by atoms with van der Waals surface area (Å²) in [4.78, 5) is 3.28. The summed E-state index contributed by atoms with van der Waals surface area (Å²) in [6, 6.07) is 5.93. The fourth-order valence-electron chi connectivity index (χ4n) is 2.64. The van der Waals surface area contributed by atoms with Gasteiger partial charge >= 0.3 is 0 Å². The fraction of sp³-hybridized carbons (Fsp3) is 0.333. The molecule has 0 aliphatic rings. The molecular formula is C15H17ClN4S. The number of aromatic nitrogens is 4. The van der Waals surface area contributed by atoms with Gasteiger partial charge in [0, 0.05) is 7.05 Å². The summed E-state index contributed by atoms with van der Waals surface area (Å²) in [5.41, 5.74) is 5.03. The predicted octanol–water partition coefficient (Wildman–Crippen LogP) is 4.34. The third-order valence-corrected chi connectivity index (χ3v) is 4.17. The van der Waals surface area contributed by atoms with Crippen molar-refractivity contribution in [3.63, 3.8) is 0 Å². The van der Waals surface area contributed by atoms with Gasteiger partial charge in [0.05, 0.1) is 16.4 Å². The number of fused-ring (bicyclic) bond motifs is 1. The van der Waals surface area contributed by atoms with E-state index >= 15 is 0 Å². The zero-order chi connectivity index (χ0) is 15.1. The summed E-state index contributed by atoms with van der Waals surface area (Å²) >= 11 is 11.9. The van der Waals surface area contributed by atoms with Crippen molar-refractivity contribution in [1.82, 2.24) is 19.3 Å². The molecule has 0 saturated carbocycles. The number of halogens is 1. The van der Waals surface area contributed by atoms with Crippen LogP contribution < -0.4 is 0 Å². The molecule has 2 aromatic heterocycles. The molecule has 4 nitrogen and oxygen atoms in total. The second kappa shape index (κ2) is 5.31. The number of imidazole rings is 1. The molecule has 21 heavy (non-hydrogen) atoms. The van der Waals surface area contributed by atoms with Gasteiger partial charge in [-0.05, 0) is 43.3 Å². The van der Waals surface area contributed by atoms with Gasteiger partial charge in [0.25, 0.3) is 0 Å². The minimum absolute atomic E-state index is 0.642. The van der Waals surface area contributed by atoms with E-state index in [4.69, 9.17) is 23.8 Å². The van der Waals surface area contributed by atoms with Gasteiger partial charge in [-0.3, -0.25) is 4.57 Å². The first-order chi connectivity index (χ1) is 10.0. The summed E-state index contributed by atoms with van der Waals surface area (Å²) in [5.74, 6) is 0. The second-order valence-electron chi connectivity index (χ2n) is 5.24. The number of nitrogens with one attached hydrogen (secondary N) is 1. The molecule has 2 heterocycles. The Labute approximate surface area is 133 Å². The van der Waals surface area contributed by atoms with Crippen LogP contribution in [0.25, 0.3) is 16.9 Å². The van der Waals surface area contributed by atoms with Crippen molar-refractivity contribution >= 4 is 35.0 Å². The average Bonchev–Trinajstić information content (AvgIpc) is 2.91. The Morgan fingerprint density at radius 2 is 2.14 bits per heavy atom. The maximum Gasteiger partial charge on any atom is 0.184 e. The lowest BCUT2D eigenvalue weighted by Gasteiger charge is -2.08. The molecule has 6 heteroatoms. The average molecular weight is 321 g/mol. The number of benzene rings is 1. The Balaban J connectivity index is 2.35. The van der Waals surface area contributed by atoms with Gasteiger partial charge in [0.1, 0.15) is 5.52 Å². The van der Waals surface area contributed by atoms with E-state index in [1.54, 1.807) is 0 Å². The van der Waals surface area contributed by atoms with E-state index in [0.29, 0.717) is 9.79 Å². The third kappa shape index (κ3) is 2.30. The summed E-state index contributed by atoms with van der Waals surface area (Å²) < 4.78 is 4.47. The Morgan fingerprint density at radius 1 is 1.38 bits per heavy atom. The lowest BCUT2D eigenvalue weighted by Crippen LogP contribution is -2.02. The van der Waals surface area contributed by atoms with Gasteiger partial charge in [-0.15, -0.1) is 0 Å². The van der Waals surface area contributed by atoms with Crippen molar-refractivity contribution in [2.75, 3.05) is 0 Å². The Kier molecular flexibility index (Phi) is 3.63. The van der Waals surface area contributed by atoms with E-state index in [0.717, 1.165) is 41.0 Å². The van der Waals surface area contributed by atoms with Gasteiger partial charge in [-0.1, -0.05) is 31.0 Å². The van der Waals surface area contributed by atoms with E-state index in [1.807, 2.05) is 41.4 Å². The van der Waals surface area contributed by atoms with Crippen LogP contribution in [0.4, 0.5) is 0 Å². The van der Waals surface area contributed by atoms with E-state index in [-0.39, 0.29) is 0 Å². The van der Waals surface area contributed by atoms with Crippen LogP contribution >= 0.6 is 23.8 Å². The fourth-order valence-corrected chi connectivity index (χ4v) is 3.13. The number of hydrogen-bond acceptors (Lipinski definition) is 2. The van der Waals surface area contributed by atoms with Gasteiger partial charge in [-0.25, -0.2) is 4.68 Å². The normalized spacial score (nSPS) is 11.4. The minimum Gasteiger partial charge on any atom is -0.327 e. The van der Waals surface area contributed by atoms with Crippen LogP contribution in [-0.4, -0.2) is 19.3 Å². The molecule has 0 spiro atoms. The molecule has 110 valence electrons. The Hall–Kier alpha value is -1.59. The first kappa shape index (κ1) is 14.4. The second-order valence-corrected chi connectivity index (χ2v) is 6.03. The zero-order valence-electron chi connectivity index (χ0n) is 12.3. The van der Waals surface area contributed by atoms with Crippen LogP contribution in [0.5, 0.6) is 0 Å². The van der Waals surface area contributed by atoms with Crippen LogP contribution in [0.2, 0.25) is 5.02 Å². The largest absolute Gasteiger partial charge is 0.327 e. The van der Waals surface area contributed by atoms with Crippen LogP contribution in [0.3, 0.4) is 0 Å². The highest BCUT2D eigenvalue weighted by Crippen LogP contribution is 2.27. The molecule has 0 radical (unpaired) electrons. The lowest BCUT2D eigenvalue weighted by molar-refractivity contribution is 0.735. The Morgan fingerprint density at radius 3 is 2.86 bits per heavy atom. The van der Waals surface area contributed by atoms with Crippen molar-refractivity contribution in [2.45, 2.75) is 26.7 Å². The first-order valence-corrected chi connectivity index (χ1v) is 7.74. The molecule has 0 aliphatic carbocycles. The topological polar surface area (TPSA) is 38.5 Å². The van der Waals surface area contributed by atoms with Crippen molar-refractivity contribution in [1.29, 1.82) is 0 Å². The molecule has 0 bridgehead atoms. The number of aromatic amines is 1. The maximum atomic E-state index is 6.37. The van der Waals surface area contributed by atoms with Gasteiger partial charge in [-0.2, -0.15) is 5.10 Å². The van der Waals surface area contributed by atoms with Crippen molar-refractivity contribution in [3.05, 3.63) is 39.3 Å². The van der Waals surface area contributed by atoms with Crippen LogP contribution in [0.1, 0.15) is 24.6 Å². The van der Waals surface area contributed by atoms with Crippen LogP contribution in [0.15, 0.2) is 18.2 Å². The Bertz CT molecular complexity index is 872. The number of nitrogens with zero attached hydrogens (tertiary/aromatic N) is 3. The van der Waals surface area contributed by atoms with E-state index in [2.05, 4.69) is 17.0 Å². The van der Waals surface area contributed by atoms with E-state index in [1.165, 1.54) is 0 Å². The standard InChI is InChI=1S/C15H17ClN4S/c1-4-5-11-13-14(19(3)18-11)20(15(21)17-13)12-8-9(2)6-7-10(12)16/h6-8H,4-5H2,1-3H3,(H,17,21). The van der Waals surface area contributed by atoms with Crippen LogP contribution in [0, 0.1) is 11.7 Å². The number of hydrogen-bond donors (Lipinski definition) is 1. The third-order valence-electron chi connectivity index (χ3n) is 3.57. The van der Waals surface area contributed by atoms with Crippen molar-refractivity contribution in [2.24, 2.45) is 7.05 Å². The van der Waals surface area contributed by atoms with E-state index < -0.39 is 0 Å². The molecule has 3 aromatic rings. The summed E-state index contributed by atoms with van der Waals surface area (Å²) in [6.07, 6.45) is 1.97. The molecule has 0 saturated heterocycles. The predicted molar refractivity (Wildman–Crippen MR) is 89.0 cm³/mol. The number of aryl methyl sites for hydroxylation is 3. The summed E-state index contributed by atoms with van der Waals surface area (Å²) in [7, 11) is 1.93. The molecule has 0 unspecified atom stereocenters. The minimum atomic E-state index is 0.642. The van der Waals surface area contributed by atoms with Gasteiger partial charge in [0.15, 0.2) is 10.4 Å². The maximum absolute atomic E-state index is 6.37. The first-order valence-electron chi connectivity index (χ1n) is 6.96. The molecule has 3 rings (SSSR count). The molecule has 1 N–H and O–H groups in total. The monoisotopic (exact) mass is 320 g/mol. The van der Waals surface area contributed by atoms with E-state index in [9.17, 15) is 0 Å². The summed E-state index contributed by atoms with van der Waals surface area (Å²) in [5, 5.41) is 5.27. The number of rotatable bonds is 3. The highest BCUT2D eigenvalue weighted by molar-refractivity contribution is 7.71. The van der Waals surface area contributed by atoms with Gasteiger partial charge in [0.2, 0.25) is 0 Å². The molecular weight excluding hydrogens is 304 g/mol. The van der Waals surface area contributed by atoms with Crippen molar-refractivity contribution in [3.8, 4) is 5.69 Å². The SMILES string of the molecule is CCCc1nn(C)c2c1[nH]c(=S)n2-c1cc(C)ccc1Cl. The molecule has 0 fully saturated rings. The molecule has 0 aliphatic heterocycles. The van der Waals surface area contributed by atoms with Gasteiger partial charge < -0.3 is 4.98 Å². The van der Waals surface area contributed by atoms with Crippen molar-refractivity contribution < 1.29 is 0 Å². The lowest BCUT2D eigenvalue weighted by atomic mass is 10.2. The molecule has 1 aromatic carbocycles. The highest BCUT2D eigenvalue weighted by Gasteiger charge is 2.17. The van der Waals surface area contributed by atoms with Crippen LogP contribution in [-0.2, 0) is 13.5 Å². The highest BCUT2D eigenvalue weighted by atomic mass is 35.5. The smallest absolute Gasteiger partial charge is 0.184 e. The quantitative estimate of drug-likeness (QED) is 0.729. The summed E-state index contributed by atoms with van der Waals surface area (Å²) in [6.45, 7) is 4.18.